The van der Waals surface area contributed by atoms with Crippen molar-refractivity contribution in [2.24, 2.45) is 0 Å². The molecule has 0 aliphatic heterocycles. The normalized spacial score (nSPS) is 10.1. The van der Waals surface area contributed by atoms with Gasteiger partial charge in [-0.05, 0) is 36.8 Å². The standard InChI is InChI=1S/C14H10FNO4/c1-9-6-12(3-4-13(9)15)20-14-5-2-11(16(18)19)7-10(14)8-17/h2-8H,1H3. The summed E-state index contributed by atoms with van der Waals surface area (Å²) in [6.07, 6.45) is 0.471. The molecule has 6 heteroatoms. The van der Waals surface area contributed by atoms with Gasteiger partial charge in [-0.3, -0.25) is 14.9 Å². The highest BCUT2D eigenvalue weighted by atomic mass is 19.1. The molecule has 0 aliphatic carbocycles. The number of benzene rings is 2. The SMILES string of the molecule is Cc1cc(Oc2ccc([N+](=O)[O-])cc2C=O)ccc1F. The average Bonchev–Trinajstić information content (AvgIpc) is 2.43. The summed E-state index contributed by atoms with van der Waals surface area (Å²) in [7, 11) is 0. The molecular weight excluding hydrogens is 265 g/mol. The molecule has 0 radical (unpaired) electrons. The Morgan fingerprint density at radius 1 is 1.25 bits per heavy atom. The number of aldehydes is 1. The number of nitro benzene ring substituents is 1. The number of halogens is 1. The van der Waals surface area contributed by atoms with Gasteiger partial charge in [0, 0.05) is 12.1 Å². The molecular formula is C14H10FNO4. The van der Waals surface area contributed by atoms with Crippen molar-refractivity contribution in [2.45, 2.75) is 6.92 Å². The smallest absolute Gasteiger partial charge is 0.270 e. The van der Waals surface area contributed by atoms with Crippen LogP contribution in [0.4, 0.5) is 10.1 Å². The van der Waals surface area contributed by atoms with Crippen molar-refractivity contribution < 1.29 is 18.8 Å². The Hall–Kier alpha value is -2.76. The summed E-state index contributed by atoms with van der Waals surface area (Å²) in [6, 6.07) is 7.83. The van der Waals surface area contributed by atoms with Gasteiger partial charge in [0.25, 0.3) is 5.69 Å². The van der Waals surface area contributed by atoms with Crippen LogP contribution in [-0.2, 0) is 0 Å². The van der Waals surface area contributed by atoms with Crippen molar-refractivity contribution >= 4 is 12.0 Å². The van der Waals surface area contributed by atoms with E-state index in [0.29, 0.717) is 17.6 Å². The summed E-state index contributed by atoms with van der Waals surface area (Å²) >= 11 is 0. The van der Waals surface area contributed by atoms with E-state index in [1.54, 1.807) is 6.92 Å². The second-order valence-corrected chi connectivity index (χ2v) is 4.11. The van der Waals surface area contributed by atoms with Crippen molar-refractivity contribution in [1.29, 1.82) is 0 Å². The van der Waals surface area contributed by atoms with Gasteiger partial charge in [-0.15, -0.1) is 0 Å². The Kier molecular flexibility index (Phi) is 3.74. The van der Waals surface area contributed by atoms with Gasteiger partial charge < -0.3 is 4.74 Å². The van der Waals surface area contributed by atoms with Gasteiger partial charge in [0.15, 0.2) is 6.29 Å². The van der Waals surface area contributed by atoms with E-state index in [-0.39, 0.29) is 22.8 Å². The molecule has 0 saturated carbocycles. The lowest BCUT2D eigenvalue weighted by atomic mass is 10.2. The number of hydrogen-bond acceptors (Lipinski definition) is 4. The molecule has 0 heterocycles. The molecule has 0 aromatic heterocycles. The Morgan fingerprint density at radius 3 is 2.60 bits per heavy atom. The first-order valence-corrected chi connectivity index (χ1v) is 5.69. The first-order chi connectivity index (χ1) is 9.51. The number of ether oxygens (including phenoxy) is 1. The van der Waals surface area contributed by atoms with Crippen LogP contribution >= 0.6 is 0 Å². The van der Waals surface area contributed by atoms with Crippen LogP contribution in [0.15, 0.2) is 36.4 Å². The van der Waals surface area contributed by atoms with Gasteiger partial charge in [-0.2, -0.15) is 0 Å². The van der Waals surface area contributed by atoms with Gasteiger partial charge >= 0.3 is 0 Å². The van der Waals surface area contributed by atoms with Crippen molar-refractivity contribution in [3.8, 4) is 11.5 Å². The number of nitrogens with zero attached hydrogens (tertiary/aromatic N) is 1. The fraction of sp³-hybridized carbons (Fsp3) is 0.0714. The number of nitro groups is 1. The molecule has 0 N–H and O–H groups in total. The van der Waals surface area contributed by atoms with Crippen LogP contribution in [0.1, 0.15) is 15.9 Å². The summed E-state index contributed by atoms with van der Waals surface area (Å²) in [6.45, 7) is 1.58. The molecule has 0 bridgehead atoms. The predicted molar refractivity (Wildman–Crippen MR) is 69.7 cm³/mol. The Morgan fingerprint density at radius 2 is 2.00 bits per heavy atom. The van der Waals surface area contributed by atoms with E-state index in [1.165, 1.54) is 30.3 Å². The van der Waals surface area contributed by atoms with Crippen LogP contribution in [0.5, 0.6) is 11.5 Å². The quantitative estimate of drug-likeness (QED) is 0.485. The molecule has 5 nitrogen and oxygen atoms in total. The second-order valence-electron chi connectivity index (χ2n) is 4.11. The van der Waals surface area contributed by atoms with Crippen LogP contribution < -0.4 is 4.74 Å². The Bertz CT molecular complexity index is 685. The molecule has 0 atom stereocenters. The number of rotatable bonds is 4. The van der Waals surface area contributed by atoms with E-state index in [9.17, 15) is 19.3 Å². The fourth-order valence-electron chi connectivity index (χ4n) is 1.64. The number of hydrogen-bond donors (Lipinski definition) is 0. The molecule has 0 amide bonds. The molecule has 102 valence electrons. The summed E-state index contributed by atoms with van der Waals surface area (Å²) in [5, 5.41) is 10.6. The third-order valence-electron chi connectivity index (χ3n) is 2.69. The molecule has 0 fully saturated rings. The lowest BCUT2D eigenvalue weighted by Gasteiger charge is -2.08. The van der Waals surface area contributed by atoms with E-state index in [2.05, 4.69) is 0 Å². The zero-order valence-corrected chi connectivity index (χ0v) is 10.5. The molecule has 20 heavy (non-hydrogen) atoms. The minimum Gasteiger partial charge on any atom is -0.457 e. The summed E-state index contributed by atoms with van der Waals surface area (Å²) < 4.78 is 18.6. The minimum atomic E-state index is -0.598. The van der Waals surface area contributed by atoms with Gasteiger partial charge in [-0.25, -0.2) is 4.39 Å². The maximum absolute atomic E-state index is 13.1. The van der Waals surface area contributed by atoms with Crippen molar-refractivity contribution in [1.82, 2.24) is 0 Å². The zero-order valence-electron chi connectivity index (χ0n) is 10.5. The van der Waals surface area contributed by atoms with Crippen LogP contribution in [0, 0.1) is 22.9 Å². The highest BCUT2D eigenvalue weighted by Crippen LogP contribution is 2.28. The average molecular weight is 275 g/mol. The van der Waals surface area contributed by atoms with E-state index in [1.807, 2.05) is 0 Å². The topological polar surface area (TPSA) is 69.4 Å². The van der Waals surface area contributed by atoms with Crippen LogP contribution in [0.3, 0.4) is 0 Å². The van der Waals surface area contributed by atoms with Crippen LogP contribution in [-0.4, -0.2) is 11.2 Å². The van der Waals surface area contributed by atoms with Crippen molar-refractivity contribution in [3.05, 3.63) is 63.5 Å². The zero-order chi connectivity index (χ0) is 14.7. The van der Waals surface area contributed by atoms with Crippen molar-refractivity contribution in [3.63, 3.8) is 0 Å². The minimum absolute atomic E-state index is 0.0566. The maximum atomic E-state index is 13.1. The maximum Gasteiger partial charge on any atom is 0.270 e. The molecule has 0 unspecified atom stereocenters. The highest BCUT2D eigenvalue weighted by molar-refractivity contribution is 5.80. The monoisotopic (exact) mass is 275 g/mol. The molecule has 0 saturated heterocycles. The van der Waals surface area contributed by atoms with E-state index < -0.39 is 4.92 Å². The van der Waals surface area contributed by atoms with Crippen LogP contribution in [0.25, 0.3) is 0 Å². The number of aryl methyl sites for hydroxylation is 1. The summed E-state index contributed by atoms with van der Waals surface area (Å²) in [4.78, 5) is 21.0. The number of carbonyl (C=O) groups excluding carboxylic acids is 1. The number of non-ortho nitro benzene ring substituents is 1. The predicted octanol–water partition coefficient (Wildman–Crippen LogP) is 3.65. The molecule has 2 aromatic rings. The molecule has 2 rings (SSSR count). The van der Waals surface area contributed by atoms with Gasteiger partial charge in [0.05, 0.1) is 10.5 Å². The lowest BCUT2D eigenvalue weighted by Crippen LogP contribution is -1.94. The Labute approximate surface area is 113 Å². The van der Waals surface area contributed by atoms with E-state index in [0.717, 1.165) is 6.07 Å². The lowest BCUT2D eigenvalue weighted by molar-refractivity contribution is -0.384. The number of carbonyl (C=O) groups is 1. The molecule has 0 aliphatic rings. The molecule has 2 aromatic carbocycles. The van der Waals surface area contributed by atoms with E-state index >= 15 is 0 Å². The van der Waals surface area contributed by atoms with E-state index in [4.69, 9.17) is 4.74 Å². The highest BCUT2D eigenvalue weighted by Gasteiger charge is 2.12. The Balaban J connectivity index is 2.35. The first-order valence-electron chi connectivity index (χ1n) is 5.69. The molecule has 0 spiro atoms. The van der Waals surface area contributed by atoms with Gasteiger partial charge in [0.1, 0.15) is 17.3 Å². The van der Waals surface area contributed by atoms with Gasteiger partial charge in [-0.1, -0.05) is 0 Å². The summed E-state index contributed by atoms with van der Waals surface area (Å²) in [5.74, 6) is 0.161. The summed E-state index contributed by atoms with van der Waals surface area (Å²) in [5.41, 5.74) is 0.257. The van der Waals surface area contributed by atoms with Crippen LogP contribution in [0.2, 0.25) is 0 Å². The van der Waals surface area contributed by atoms with Crippen molar-refractivity contribution in [2.75, 3.05) is 0 Å². The first kappa shape index (κ1) is 13.7. The van der Waals surface area contributed by atoms with Gasteiger partial charge in [0.2, 0.25) is 0 Å². The second kappa shape index (κ2) is 5.48. The fourth-order valence-corrected chi connectivity index (χ4v) is 1.64. The third-order valence-corrected chi connectivity index (χ3v) is 2.69. The third kappa shape index (κ3) is 2.80. The largest absolute Gasteiger partial charge is 0.457 e.